The lowest BCUT2D eigenvalue weighted by Crippen LogP contribution is -2.39. The summed E-state index contributed by atoms with van der Waals surface area (Å²) in [6.07, 6.45) is 2.77. The van der Waals surface area contributed by atoms with Gasteiger partial charge in [-0.3, -0.25) is 4.79 Å². The molecule has 3 amide bonds. The van der Waals surface area contributed by atoms with Crippen LogP contribution in [0.3, 0.4) is 0 Å². The van der Waals surface area contributed by atoms with E-state index in [0.717, 1.165) is 24.0 Å². The Morgan fingerprint density at radius 2 is 1.67 bits per heavy atom. The van der Waals surface area contributed by atoms with E-state index in [1.54, 1.807) is 23.1 Å². The Morgan fingerprint density at radius 3 is 2.33 bits per heavy atom. The number of ether oxygens (including phenoxy) is 1. The SMILES string of the molecule is O=C(O)CC1CCC(OC(=O)N2CCc3cc(NC(=O)Nc4c(F)cc(F)cc4F)ccc3C2)CC1. The molecule has 3 N–H and O–H groups in total. The fraction of sp³-hybridized carbons (Fsp3) is 0.400. The number of carboxylic acids is 1. The van der Waals surface area contributed by atoms with E-state index in [1.165, 1.54) is 0 Å². The van der Waals surface area contributed by atoms with Gasteiger partial charge in [0.25, 0.3) is 0 Å². The second kappa shape index (κ2) is 10.9. The average Bonchev–Trinajstić information content (AvgIpc) is 2.82. The maximum atomic E-state index is 13.8. The zero-order valence-corrected chi connectivity index (χ0v) is 19.4. The third-order valence-electron chi connectivity index (χ3n) is 6.50. The van der Waals surface area contributed by atoms with Gasteiger partial charge in [0, 0.05) is 37.3 Å². The van der Waals surface area contributed by atoms with Crippen LogP contribution in [0.2, 0.25) is 0 Å². The van der Waals surface area contributed by atoms with Gasteiger partial charge in [0.05, 0.1) is 0 Å². The number of aliphatic carboxylic acids is 1. The van der Waals surface area contributed by atoms with Crippen molar-refractivity contribution < 1.29 is 37.4 Å². The lowest BCUT2D eigenvalue weighted by molar-refractivity contribution is -0.138. The number of carbonyl (C=O) groups is 3. The molecule has 2 aromatic carbocycles. The van der Waals surface area contributed by atoms with Crippen molar-refractivity contribution >= 4 is 29.5 Å². The molecule has 1 aliphatic heterocycles. The molecule has 0 aromatic heterocycles. The molecule has 0 bridgehead atoms. The van der Waals surface area contributed by atoms with Crippen molar-refractivity contribution in [2.24, 2.45) is 5.92 Å². The van der Waals surface area contributed by atoms with E-state index < -0.39 is 41.2 Å². The molecule has 1 fully saturated rings. The number of nitrogens with one attached hydrogen (secondary N) is 2. The summed E-state index contributed by atoms with van der Waals surface area (Å²) in [5.74, 6) is -4.23. The van der Waals surface area contributed by atoms with Crippen molar-refractivity contribution in [1.82, 2.24) is 4.90 Å². The van der Waals surface area contributed by atoms with Gasteiger partial charge in [-0.25, -0.2) is 22.8 Å². The van der Waals surface area contributed by atoms with Crippen molar-refractivity contribution in [2.45, 2.75) is 51.2 Å². The number of hydrogen-bond acceptors (Lipinski definition) is 4. The summed E-state index contributed by atoms with van der Waals surface area (Å²) >= 11 is 0. The van der Waals surface area contributed by atoms with Crippen LogP contribution in [0.25, 0.3) is 0 Å². The molecule has 1 aliphatic carbocycles. The highest BCUT2D eigenvalue weighted by atomic mass is 19.1. The van der Waals surface area contributed by atoms with E-state index in [2.05, 4.69) is 5.32 Å². The molecule has 1 saturated carbocycles. The van der Waals surface area contributed by atoms with Gasteiger partial charge in [-0.1, -0.05) is 6.07 Å². The molecular weight excluding hydrogens is 479 g/mol. The Bertz CT molecular complexity index is 1140. The number of carboxylic acid groups (broad SMARTS) is 1. The van der Waals surface area contributed by atoms with E-state index in [0.29, 0.717) is 50.2 Å². The Hall–Kier alpha value is -3.76. The van der Waals surface area contributed by atoms with E-state index in [-0.39, 0.29) is 18.4 Å². The van der Waals surface area contributed by atoms with Gasteiger partial charge in [0.15, 0.2) is 11.6 Å². The topological polar surface area (TPSA) is 108 Å². The Morgan fingerprint density at radius 1 is 0.972 bits per heavy atom. The van der Waals surface area contributed by atoms with Gasteiger partial charge < -0.3 is 25.4 Å². The first kappa shape index (κ1) is 25.3. The van der Waals surface area contributed by atoms with Gasteiger partial charge in [-0.2, -0.15) is 0 Å². The van der Waals surface area contributed by atoms with Crippen molar-refractivity contribution in [1.29, 1.82) is 0 Å². The number of urea groups is 1. The van der Waals surface area contributed by atoms with Crippen LogP contribution in [-0.4, -0.2) is 40.7 Å². The normalized spacial score (nSPS) is 19.2. The highest BCUT2D eigenvalue weighted by molar-refractivity contribution is 6.00. The number of nitrogens with zero attached hydrogens (tertiary/aromatic N) is 1. The summed E-state index contributed by atoms with van der Waals surface area (Å²) in [4.78, 5) is 37.3. The van der Waals surface area contributed by atoms with E-state index >= 15 is 0 Å². The van der Waals surface area contributed by atoms with E-state index in [4.69, 9.17) is 9.84 Å². The number of rotatable bonds is 5. The number of amides is 3. The second-order valence-electron chi connectivity index (χ2n) is 9.10. The minimum absolute atomic E-state index is 0.123. The number of anilines is 2. The Kier molecular flexibility index (Phi) is 7.66. The summed E-state index contributed by atoms with van der Waals surface area (Å²) in [6.45, 7) is 0.753. The summed E-state index contributed by atoms with van der Waals surface area (Å²) in [6, 6.07) is 5.13. The zero-order chi connectivity index (χ0) is 25.8. The molecule has 11 heteroatoms. The quantitative estimate of drug-likeness (QED) is 0.513. The fourth-order valence-corrected chi connectivity index (χ4v) is 4.64. The third-order valence-corrected chi connectivity index (χ3v) is 6.50. The molecule has 0 spiro atoms. The number of hydrogen-bond donors (Lipinski definition) is 3. The minimum atomic E-state index is -1.23. The van der Waals surface area contributed by atoms with Crippen molar-refractivity contribution in [2.75, 3.05) is 17.2 Å². The van der Waals surface area contributed by atoms with Crippen molar-refractivity contribution in [3.8, 4) is 0 Å². The predicted octanol–water partition coefficient (Wildman–Crippen LogP) is 5.28. The first-order valence-corrected chi connectivity index (χ1v) is 11.7. The number of halogens is 3. The first-order chi connectivity index (χ1) is 17.2. The lowest BCUT2D eigenvalue weighted by Gasteiger charge is -2.32. The molecular formula is C25H26F3N3O5. The maximum Gasteiger partial charge on any atom is 0.410 e. The monoisotopic (exact) mass is 505 g/mol. The van der Waals surface area contributed by atoms with Crippen LogP contribution in [0, 0.1) is 23.4 Å². The van der Waals surface area contributed by atoms with Crippen LogP contribution in [0.1, 0.15) is 43.2 Å². The molecule has 0 atom stereocenters. The predicted molar refractivity (Wildman–Crippen MR) is 124 cm³/mol. The average molecular weight is 505 g/mol. The van der Waals surface area contributed by atoms with Crippen molar-refractivity contribution in [3.05, 3.63) is 58.9 Å². The second-order valence-corrected chi connectivity index (χ2v) is 9.10. The van der Waals surface area contributed by atoms with Gasteiger partial charge in [0.1, 0.15) is 17.6 Å². The van der Waals surface area contributed by atoms with Crippen LogP contribution < -0.4 is 10.6 Å². The zero-order valence-electron chi connectivity index (χ0n) is 19.4. The van der Waals surface area contributed by atoms with Gasteiger partial charge in [-0.15, -0.1) is 0 Å². The van der Waals surface area contributed by atoms with Crippen LogP contribution in [-0.2, 0) is 22.5 Å². The van der Waals surface area contributed by atoms with Crippen LogP contribution >= 0.6 is 0 Å². The standard InChI is InChI=1S/C25H26F3N3O5/c26-17-11-20(27)23(21(28)12-17)30-24(34)29-18-4-3-16-13-31(8-7-15(16)10-18)25(35)36-19-5-1-14(2-6-19)9-22(32)33/h3-4,10-12,14,19H,1-2,5-9,13H2,(H,32,33)(H2,29,30,34). The minimum Gasteiger partial charge on any atom is -0.481 e. The van der Waals surface area contributed by atoms with Crippen LogP contribution in [0.15, 0.2) is 30.3 Å². The Balaban J connectivity index is 1.29. The van der Waals surface area contributed by atoms with Crippen LogP contribution in [0.5, 0.6) is 0 Å². The molecule has 0 saturated heterocycles. The summed E-state index contributed by atoms with van der Waals surface area (Å²) in [5.41, 5.74) is 1.43. The molecule has 192 valence electrons. The van der Waals surface area contributed by atoms with Crippen LogP contribution in [0.4, 0.5) is 34.1 Å². The van der Waals surface area contributed by atoms with Gasteiger partial charge >= 0.3 is 18.1 Å². The molecule has 36 heavy (non-hydrogen) atoms. The third kappa shape index (κ3) is 6.27. The summed E-state index contributed by atoms with van der Waals surface area (Å²) in [5, 5.41) is 13.5. The molecule has 0 unspecified atom stereocenters. The lowest BCUT2D eigenvalue weighted by atomic mass is 9.85. The molecule has 2 aliphatic rings. The molecule has 2 aromatic rings. The number of benzene rings is 2. The molecule has 1 heterocycles. The van der Waals surface area contributed by atoms with Gasteiger partial charge in [0.2, 0.25) is 0 Å². The maximum absolute atomic E-state index is 13.8. The molecule has 8 nitrogen and oxygen atoms in total. The highest BCUT2D eigenvalue weighted by Gasteiger charge is 2.28. The van der Waals surface area contributed by atoms with Crippen molar-refractivity contribution in [3.63, 3.8) is 0 Å². The highest BCUT2D eigenvalue weighted by Crippen LogP contribution is 2.30. The largest absolute Gasteiger partial charge is 0.481 e. The number of fused-ring (bicyclic) bond motifs is 1. The fourth-order valence-electron chi connectivity index (χ4n) is 4.64. The summed E-state index contributed by atoms with van der Waals surface area (Å²) in [7, 11) is 0. The van der Waals surface area contributed by atoms with E-state index in [9.17, 15) is 27.6 Å². The molecule has 0 radical (unpaired) electrons. The first-order valence-electron chi connectivity index (χ1n) is 11.7. The summed E-state index contributed by atoms with van der Waals surface area (Å²) < 4.78 is 46.2. The van der Waals surface area contributed by atoms with Gasteiger partial charge in [-0.05, 0) is 61.3 Å². The molecule has 4 rings (SSSR count). The smallest absolute Gasteiger partial charge is 0.410 e. The number of carbonyl (C=O) groups excluding carboxylic acids is 2. The van der Waals surface area contributed by atoms with E-state index in [1.807, 2.05) is 5.32 Å². The Labute approximate surface area is 205 Å².